The summed E-state index contributed by atoms with van der Waals surface area (Å²) >= 11 is 0. The normalized spacial score (nSPS) is 10.8. The van der Waals surface area contributed by atoms with Crippen LogP contribution in [0.1, 0.15) is 44.9 Å². The molecule has 0 spiro atoms. The van der Waals surface area contributed by atoms with Gasteiger partial charge in [-0.05, 0) is 43.5 Å². The number of nitrogens with one attached hydrogen (secondary N) is 3. The molecule has 12 nitrogen and oxygen atoms in total. The van der Waals surface area contributed by atoms with E-state index >= 15 is 0 Å². The van der Waals surface area contributed by atoms with Crippen LogP contribution < -0.4 is 22.1 Å². The maximum absolute atomic E-state index is 13.5. The number of para-hydroxylation sites is 1. The number of aromatic amines is 1. The molecule has 6 N–H and O–H groups in total. The summed E-state index contributed by atoms with van der Waals surface area (Å²) in [6.07, 6.45) is 7.25. The van der Waals surface area contributed by atoms with Crippen molar-refractivity contribution in [2.24, 2.45) is 0 Å². The van der Waals surface area contributed by atoms with Crippen molar-refractivity contribution in [1.82, 2.24) is 35.0 Å². The SMILES string of the molecule is CCCc1nc2cccc(NCCCCCC(=O)NO)c2c(=O)n1-c1ccccc1.Nc1ncnc2nc[nH]c12. The molecule has 5 rings (SSSR count). The topological polar surface area (TPSA) is 177 Å². The van der Waals surface area contributed by atoms with Gasteiger partial charge in [0.25, 0.3) is 5.56 Å². The number of H-pyrrole nitrogens is 1. The van der Waals surface area contributed by atoms with Gasteiger partial charge in [-0.3, -0.25) is 19.4 Å². The zero-order valence-corrected chi connectivity index (χ0v) is 22.3. The lowest BCUT2D eigenvalue weighted by Crippen LogP contribution is -2.24. The molecular formula is C28H33N9O3. The van der Waals surface area contributed by atoms with Crippen LogP contribution in [0.25, 0.3) is 27.8 Å². The Morgan fingerprint density at radius 1 is 1.05 bits per heavy atom. The fourth-order valence-electron chi connectivity index (χ4n) is 4.31. The third-order valence-corrected chi connectivity index (χ3v) is 6.23. The molecule has 0 atom stereocenters. The first kappa shape index (κ1) is 28.2. The lowest BCUT2D eigenvalue weighted by molar-refractivity contribution is -0.129. The van der Waals surface area contributed by atoms with Gasteiger partial charge in [0.15, 0.2) is 11.5 Å². The third kappa shape index (κ3) is 6.77. The predicted octanol–water partition coefficient (Wildman–Crippen LogP) is 3.75. The van der Waals surface area contributed by atoms with Crippen LogP contribution in [-0.4, -0.2) is 47.1 Å². The summed E-state index contributed by atoms with van der Waals surface area (Å²) in [5.74, 6) is 0.829. The molecule has 1 amide bonds. The van der Waals surface area contributed by atoms with Crippen LogP contribution in [0.4, 0.5) is 11.5 Å². The van der Waals surface area contributed by atoms with Crippen LogP contribution in [-0.2, 0) is 11.2 Å². The zero-order chi connectivity index (χ0) is 28.3. The molecule has 3 heterocycles. The molecular weight excluding hydrogens is 510 g/mol. The summed E-state index contributed by atoms with van der Waals surface area (Å²) < 4.78 is 1.71. The van der Waals surface area contributed by atoms with E-state index in [9.17, 15) is 9.59 Å². The molecule has 0 aliphatic rings. The van der Waals surface area contributed by atoms with Crippen LogP contribution in [0.15, 0.2) is 66.0 Å². The van der Waals surface area contributed by atoms with Crippen molar-refractivity contribution >= 4 is 39.5 Å². The first-order valence-electron chi connectivity index (χ1n) is 13.2. The van der Waals surface area contributed by atoms with Gasteiger partial charge >= 0.3 is 0 Å². The number of amides is 1. The first-order valence-corrected chi connectivity index (χ1v) is 13.2. The highest BCUT2D eigenvalue weighted by molar-refractivity contribution is 5.91. The number of imidazole rings is 1. The summed E-state index contributed by atoms with van der Waals surface area (Å²) in [4.78, 5) is 43.7. The zero-order valence-electron chi connectivity index (χ0n) is 22.3. The highest BCUT2D eigenvalue weighted by Crippen LogP contribution is 2.21. The van der Waals surface area contributed by atoms with E-state index in [0.717, 1.165) is 42.9 Å². The number of nitrogens with two attached hydrogens (primary N) is 1. The molecule has 5 aromatic rings. The number of rotatable bonds is 10. The molecule has 0 unspecified atom stereocenters. The van der Waals surface area contributed by atoms with E-state index in [1.165, 1.54) is 12.7 Å². The summed E-state index contributed by atoms with van der Waals surface area (Å²) in [6.45, 7) is 2.76. The number of carbonyl (C=O) groups excluding carboxylic acids is 1. The maximum atomic E-state index is 13.5. The minimum absolute atomic E-state index is 0.0719. The van der Waals surface area contributed by atoms with Gasteiger partial charge < -0.3 is 16.0 Å². The highest BCUT2D eigenvalue weighted by atomic mass is 16.5. The minimum Gasteiger partial charge on any atom is -0.384 e. The van der Waals surface area contributed by atoms with Crippen molar-refractivity contribution in [2.75, 3.05) is 17.6 Å². The number of hydrogen-bond acceptors (Lipinski definition) is 9. The van der Waals surface area contributed by atoms with Crippen LogP contribution in [0.2, 0.25) is 0 Å². The number of unbranched alkanes of at least 4 members (excludes halogenated alkanes) is 2. The Morgan fingerprint density at radius 2 is 1.88 bits per heavy atom. The van der Waals surface area contributed by atoms with Gasteiger partial charge in [-0.1, -0.05) is 37.6 Å². The largest absolute Gasteiger partial charge is 0.384 e. The molecule has 0 saturated carbocycles. The molecule has 0 aliphatic carbocycles. The van der Waals surface area contributed by atoms with Crippen molar-refractivity contribution in [3.8, 4) is 5.69 Å². The van der Waals surface area contributed by atoms with E-state index in [4.69, 9.17) is 15.9 Å². The standard InChI is InChI=1S/C23H28N4O3.C5H5N5/c1-2-10-20-25-19-14-9-13-18(24-16-8-4-7-15-21(28)26-30)22(19)23(29)27(20)17-11-5-3-6-12-17;6-4-3-5(9-1-7-3)10-2-8-4/h3,5-6,9,11-14,24,30H,2,4,7-8,10,15-16H2,1H3,(H,26,28);1-2H,(H3,6,7,8,9,10). The number of hydroxylamine groups is 1. The van der Waals surface area contributed by atoms with E-state index in [0.29, 0.717) is 47.3 Å². The summed E-state index contributed by atoms with van der Waals surface area (Å²) in [5, 5.41) is 12.5. The van der Waals surface area contributed by atoms with Gasteiger partial charge in [-0.15, -0.1) is 0 Å². The van der Waals surface area contributed by atoms with Crippen molar-refractivity contribution in [2.45, 2.75) is 45.4 Å². The summed E-state index contributed by atoms with van der Waals surface area (Å²) in [6, 6.07) is 15.3. The lowest BCUT2D eigenvalue weighted by atomic mass is 10.1. The van der Waals surface area contributed by atoms with E-state index < -0.39 is 0 Å². The van der Waals surface area contributed by atoms with E-state index in [-0.39, 0.29) is 11.5 Å². The van der Waals surface area contributed by atoms with Gasteiger partial charge in [0, 0.05) is 25.1 Å². The molecule has 0 saturated heterocycles. The lowest BCUT2D eigenvalue weighted by Gasteiger charge is -2.15. The number of aromatic nitrogens is 6. The number of anilines is 2. The molecule has 208 valence electrons. The second-order valence-electron chi connectivity index (χ2n) is 9.09. The molecule has 40 heavy (non-hydrogen) atoms. The molecule has 3 aromatic heterocycles. The fourth-order valence-corrected chi connectivity index (χ4v) is 4.31. The second-order valence-corrected chi connectivity index (χ2v) is 9.09. The van der Waals surface area contributed by atoms with Crippen LogP contribution in [0.5, 0.6) is 0 Å². The number of fused-ring (bicyclic) bond motifs is 2. The average Bonchev–Trinajstić information content (AvgIpc) is 3.46. The highest BCUT2D eigenvalue weighted by Gasteiger charge is 2.15. The van der Waals surface area contributed by atoms with E-state index in [2.05, 4.69) is 32.2 Å². The van der Waals surface area contributed by atoms with Gasteiger partial charge in [-0.2, -0.15) is 0 Å². The third-order valence-electron chi connectivity index (χ3n) is 6.23. The quantitative estimate of drug-likeness (QED) is 0.0997. The number of nitrogens with zero attached hydrogens (tertiary/aromatic N) is 5. The van der Waals surface area contributed by atoms with Crippen LogP contribution in [0, 0.1) is 0 Å². The van der Waals surface area contributed by atoms with Gasteiger partial charge in [-0.25, -0.2) is 25.4 Å². The Kier molecular flexibility index (Phi) is 9.72. The summed E-state index contributed by atoms with van der Waals surface area (Å²) in [7, 11) is 0. The number of nitrogen functional groups attached to an aromatic ring is 1. The van der Waals surface area contributed by atoms with Crippen molar-refractivity contribution in [3.05, 3.63) is 77.4 Å². The van der Waals surface area contributed by atoms with Crippen LogP contribution in [0.3, 0.4) is 0 Å². The Labute approximate surface area is 230 Å². The Morgan fingerprint density at radius 3 is 2.62 bits per heavy atom. The average molecular weight is 544 g/mol. The van der Waals surface area contributed by atoms with E-state index in [1.54, 1.807) is 10.0 Å². The minimum atomic E-state index is -0.368. The molecule has 0 radical (unpaired) electrons. The number of aryl methyl sites for hydroxylation is 1. The molecule has 0 fully saturated rings. The summed E-state index contributed by atoms with van der Waals surface area (Å²) in [5.41, 5.74) is 10.6. The van der Waals surface area contributed by atoms with Crippen molar-refractivity contribution in [3.63, 3.8) is 0 Å². The smallest absolute Gasteiger partial charge is 0.268 e. The monoisotopic (exact) mass is 543 g/mol. The van der Waals surface area contributed by atoms with Crippen molar-refractivity contribution < 1.29 is 10.0 Å². The second kappa shape index (κ2) is 13.8. The van der Waals surface area contributed by atoms with Gasteiger partial charge in [0.2, 0.25) is 5.91 Å². The Balaban J connectivity index is 0.000000307. The predicted molar refractivity (Wildman–Crippen MR) is 154 cm³/mol. The van der Waals surface area contributed by atoms with Crippen molar-refractivity contribution in [1.29, 1.82) is 0 Å². The molecule has 2 aromatic carbocycles. The fraction of sp³-hybridized carbons (Fsp3) is 0.286. The molecule has 12 heteroatoms. The van der Waals surface area contributed by atoms with Gasteiger partial charge in [0.05, 0.1) is 22.9 Å². The number of benzene rings is 2. The molecule has 0 bridgehead atoms. The number of hydrogen-bond donors (Lipinski definition) is 5. The maximum Gasteiger partial charge on any atom is 0.268 e. The van der Waals surface area contributed by atoms with Crippen LogP contribution >= 0.6 is 0 Å². The number of carbonyl (C=O) groups is 1. The van der Waals surface area contributed by atoms with Gasteiger partial charge in [0.1, 0.15) is 17.7 Å². The van der Waals surface area contributed by atoms with E-state index in [1.807, 2.05) is 48.5 Å². The Hall–Kier alpha value is -4.84. The molecule has 0 aliphatic heterocycles. The first-order chi connectivity index (χ1) is 19.5. The Bertz CT molecular complexity index is 1620.